The molecule has 0 saturated carbocycles. The van der Waals surface area contributed by atoms with Crippen molar-refractivity contribution in [2.24, 2.45) is 11.8 Å². The number of nitrogens with zero attached hydrogens (tertiary/aromatic N) is 2. The van der Waals surface area contributed by atoms with E-state index in [1.807, 2.05) is 19.2 Å². The SMILES string of the molecule is CCCCCCCCC(=O)OCC(COC(=O)CCCCCCCC)CC(=O)OC[C@H]1CC=CC[C@@H](COC(=O)CC(COC(=O)CCCCCCCC)COC(=O)CCCCCCCC)N1C(=O)OC1CCCN(C)CC1. The largest absolute Gasteiger partial charge is 0.465 e. The Labute approximate surface area is 471 Å². The Bertz CT molecular complexity index is 1500. The average Bonchev–Trinajstić information content (AvgIpc) is 3.78. The summed E-state index contributed by atoms with van der Waals surface area (Å²) in [5.41, 5.74) is 0. The van der Waals surface area contributed by atoms with Gasteiger partial charge in [0.05, 0.1) is 51.4 Å². The van der Waals surface area contributed by atoms with Crippen LogP contribution in [0, 0.1) is 11.8 Å². The highest BCUT2D eigenvalue weighted by Crippen LogP contribution is 2.25. The lowest BCUT2D eigenvalue weighted by molar-refractivity contribution is -0.156. The fraction of sp³-hybridized carbons (Fsp3) is 0.855. The molecule has 2 rings (SSSR count). The first-order valence-electron chi connectivity index (χ1n) is 31.1. The number of esters is 6. The molecule has 2 heterocycles. The van der Waals surface area contributed by atoms with Crippen LogP contribution in [0.25, 0.3) is 0 Å². The summed E-state index contributed by atoms with van der Waals surface area (Å²) in [6.45, 7) is 9.40. The predicted molar refractivity (Wildman–Crippen MR) is 303 cm³/mol. The molecule has 0 radical (unpaired) electrons. The summed E-state index contributed by atoms with van der Waals surface area (Å²) in [7, 11) is 2.04. The van der Waals surface area contributed by atoms with E-state index < -0.39 is 42.0 Å². The van der Waals surface area contributed by atoms with Gasteiger partial charge in [0, 0.05) is 44.1 Å². The van der Waals surface area contributed by atoms with Gasteiger partial charge >= 0.3 is 41.9 Å². The van der Waals surface area contributed by atoms with Crippen LogP contribution in [0.4, 0.5) is 4.79 Å². The minimum Gasteiger partial charge on any atom is -0.465 e. The molecule has 2 aliphatic heterocycles. The van der Waals surface area contributed by atoms with Crippen molar-refractivity contribution >= 4 is 41.9 Å². The Kier molecular flexibility index (Phi) is 41.7. The number of amides is 1. The van der Waals surface area contributed by atoms with Crippen LogP contribution < -0.4 is 0 Å². The van der Waals surface area contributed by atoms with Crippen molar-refractivity contribution in [1.82, 2.24) is 9.80 Å². The number of carbonyl (C=O) groups excluding carboxylic acids is 7. The molecule has 0 bridgehead atoms. The van der Waals surface area contributed by atoms with E-state index in [4.69, 9.17) is 33.2 Å². The molecule has 2 aliphatic rings. The van der Waals surface area contributed by atoms with Gasteiger partial charge in [-0.3, -0.25) is 33.7 Å². The molecule has 3 atom stereocenters. The van der Waals surface area contributed by atoms with Gasteiger partial charge in [-0.05, 0) is 71.4 Å². The Hall–Kier alpha value is -4.21. The third-order valence-electron chi connectivity index (χ3n) is 14.8. The summed E-state index contributed by atoms with van der Waals surface area (Å²) in [4.78, 5) is 96.8. The van der Waals surface area contributed by atoms with Gasteiger partial charge < -0.3 is 38.1 Å². The van der Waals surface area contributed by atoms with E-state index in [-0.39, 0.29) is 108 Å². The standard InChI is InChI=1S/C62H108N2O14/c1-6-10-14-18-22-26-36-56(65)72-45-51(46-73-57(66)37-27-23-19-15-11-7-2)43-60(69)76-49-53-33-30-31-34-54(64(53)62(71)78-55-35-32-41-63(5)42-40-55)50-77-61(70)44-52(47-74-58(67)38-28-24-20-16-12-8-3)48-75-59(68)39-29-25-21-17-13-9-4/h30-31,51-55H,6-29,32-50H2,1-5H3/t53-,54+,55?. The highest BCUT2D eigenvalue weighted by Gasteiger charge is 2.36. The number of hydrogen-bond donors (Lipinski definition) is 0. The molecular weight excluding hydrogens is 997 g/mol. The average molecular weight is 1110 g/mol. The molecule has 0 spiro atoms. The van der Waals surface area contributed by atoms with Crippen LogP contribution in [0.5, 0.6) is 0 Å². The molecule has 16 nitrogen and oxygen atoms in total. The van der Waals surface area contributed by atoms with Crippen molar-refractivity contribution < 1.29 is 66.7 Å². The summed E-state index contributed by atoms with van der Waals surface area (Å²) in [6.07, 6.45) is 30.9. The summed E-state index contributed by atoms with van der Waals surface area (Å²) in [6, 6.07) is -1.38. The molecule has 0 aromatic rings. The molecule has 78 heavy (non-hydrogen) atoms. The zero-order valence-corrected chi connectivity index (χ0v) is 49.6. The summed E-state index contributed by atoms with van der Waals surface area (Å²) in [5.74, 6) is -3.98. The predicted octanol–water partition coefficient (Wildman–Crippen LogP) is 13.3. The van der Waals surface area contributed by atoms with Gasteiger partial charge in [-0.2, -0.15) is 0 Å². The number of carbonyl (C=O) groups is 7. The Morgan fingerprint density at radius 3 is 1.10 bits per heavy atom. The molecule has 16 heteroatoms. The third kappa shape index (κ3) is 36.1. The van der Waals surface area contributed by atoms with Gasteiger partial charge in [-0.25, -0.2) is 4.79 Å². The molecule has 1 unspecified atom stereocenters. The van der Waals surface area contributed by atoms with Crippen molar-refractivity contribution in [2.75, 3.05) is 59.8 Å². The van der Waals surface area contributed by atoms with Crippen molar-refractivity contribution in [1.29, 1.82) is 0 Å². The summed E-state index contributed by atoms with van der Waals surface area (Å²) >= 11 is 0. The normalized spacial score (nSPS) is 16.8. The smallest absolute Gasteiger partial charge is 0.410 e. The molecule has 0 aromatic carbocycles. The highest BCUT2D eigenvalue weighted by molar-refractivity contribution is 5.73. The van der Waals surface area contributed by atoms with E-state index in [9.17, 15) is 33.6 Å². The Balaban J connectivity index is 2.20. The van der Waals surface area contributed by atoms with Crippen molar-refractivity contribution in [3.05, 3.63) is 12.2 Å². The lowest BCUT2D eigenvalue weighted by atomic mass is 10.1. The van der Waals surface area contributed by atoms with E-state index in [2.05, 4.69) is 32.6 Å². The third-order valence-corrected chi connectivity index (χ3v) is 14.8. The minimum absolute atomic E-state index is 0.118. The molecule has 1 amide bonds. The molecule has 450 valence electrons. The van der Waals surface area contributed by atoms with E-state index >= 15 is 0 Å². The van der Waals surface area contributed by atoms with E-state index in [1.165, 1.54) is 4.90 Å². The van der Waals surface area contributed by atoms with Gasteiger partial charge in [0.15, 0.2) is 0 Å². The van der Waals surface area contributed by atoms with Gasteiger partial charge in [0.25, 0.3) is 0 Å². The number of rotatable bonds is 45. The molecule has 0 aliphatic carbocycles. The molecule has 0 N–H and O–H groups in total. The van der Waals surface area contributed by atoms with Crippen LogP contribution in [0.2, 0.25) is 0 Å². The minimum atomic E-state index is -0.689. The van der Waals surface area contributed by atoms with Crippen LogP contribution in [0.3, 0.4) is 0 Å². The highest BCUT2D eigenvalue weighted by atomic mass is 16.6. The van der Waals surface area contributed by atoms with Crippen molar-refractivity contribution in [2.45, 2.75) is 271 Å². The molecule has 1 saturated heterocycles. The number of unbranched alkanes of at least 4 members (excludes halogenated alkanes) is 20. The zero-order chi connectivity index (χ0) is 56.9. The van der Waals surface area contributed by atoms with Gasteiger partial charge in [0.2, 0.25) is 0 Å². The first kappa shape index (κ1) is 69.9. The summed E-state index contributed by atoms with van der Waals surface area (Å²) in [5, 5.41) is 0. The maximum Gasteiger partial charge on any atom is 0.410 e. The summed E-state index contributed by atoms with van der Waals surface area (Å²) < 4.78 is 40.6. The fourth-order valence-electron chi connectivity index (χ4n) is 9.79. The second-order valence-electron chi connectivity index (χ2n) is 22.2. The Morgan fingerprint density at radius 1 is 0.423 bits per heavy atom. The molecular formula is C62H108N2O14. The number of likely N-dealkylation sites (tertiary alicyclic amines) is 1. The second kappa shape index (κ2) is 46.5. The van der Waals surface area contributed by atoms with Crippen molar-refractivity contribution in [3.63, 3.8) is 0 Å². The van der Waals surface area contributed by atoms with Crippen LogP contribution in [0.15, 0.2) is 12.2 Å². The van der Waals surface area contributed by atoms with Crippen molar-refractivity contribution in [3.8, 4) is 0 Å². The van der Waals surface area contributed by atoms with Gasteiger partial charge in [-0.15, -0.1) is 0 Å². The quantitative estimate of drug-likeness (QED) is 0.0242. The Morgan fingerprint density at radius 2 is 0.756 bits per heavy atom. The maximum absolute atomic E-state index is 14.4. The monoisotopic (exact) mass is 1100 g/mol. The number of ether oxygens (including phenoxy) is 7. The fourth-order valence-corrected chi connectivity index (χ4v) is 9.79. The number of hydrogen-bond acceptors (Lipinski definition) is 15. The van der Waals surface area contributed by atoms with Crippen LogP contribution >= 0.6 is 0 Å². The first-order valence-corrected chi connectivity index (χ1v) is 31.1. The zero-order valence-electron chi connectivity index (χ0n) is 49.6. The van der Waals surface area contributed by atoms with Gasteiger partial charge in [-0.1, -0.05) is 168 Å². The van der Waals surface area contributed by atoms with E-state index in [0.717, 1.165) is 148 Å². The van der Waals surface area contributed by atoms with Gasteiger partial charge in [0.1, 0.15) is 19.3 Å². The first-order chi connectivity index (χ1) is 37.9. The molecule has 0 aromatic heterocycles. The van der Waals surface area contributed by atoms with Crippen LogP contribution in [0.1, 0.15) is 252 Å². The lowest BCUT2D eigenvalue weighted by Gasteiger charge is -2.36. The topological polar surface area (TPSA) is 191 Å². The van der Waals surface area contributed by atoms with Crippen LogP contribution in [-0.2, 0) is 61.9 Å². The lowest BCUT2D eigenvalue weighted by Crippen LogP contribution is -2.51. The maximum atomic E-state index is 14.4. The second-order valence-corrected chi connectivity index (χ2v) is 22.2. The molecule has 1 fully saturated rings. The van der Waals surface area contributed by atoms with E-state index in [1.54, 1.807) is 0 Å². The van der Waals surface area contributed by atoms with E-state index in [0.29, 0.717) is 51.4 Å². The van der Waals surface area contributed by atoms with Crippen LogP contribution in [-0.4, -0.2) is 130 Å².